The number of carboxylic acid groups (broad SMARTS) is 1. The predicted molar refractivity (Wildman–Crippen MR) is 68.1 cm³/mol. The van der Waals surface area contributed by atoms with E-state index in [1.165, 1.54) is 0 Å². The summed E-state index contributed by atoms with van der Waals surface area (Å²) >= 11 is 0. The molecule has 104 valence electrons. The van der Waals surface area contributed by atoms with Gasteiger partial charge in [0.25, 0.3) is 0 Å². The Hall–Kier alpha value is -1.85. The van der Waals surface area contributed by atoms with Crippen LogP contribution in [0.4, 0.5) is 0 Å². The molecule has 6 heteroatoms. The molecule has 0 spiro atoms. The minimum atomic E-state index is -0.891. The van der Waals surface area contributed by atoms with E-state index in [0.717, 1.165) is 5.56 Å². The van der Waals surface area contributed by atoms with E-state index in [9.17, 15) is 9.59 Å². The van der Waals surface area contributed by atoms with Crippen molar-refractivity contribution in [2.75, 3.05) is 7.05 Å². The van der Waals surface area contributed by atoms with Crippen LogP contribution in [-0.4, -0.2) is 38.7 Å². The van der Waals surface area contributed by atoms with E-state index >= 15 is 0 Å². The van der Waals surface area contributed by atoms with Crippen molar-refractivity contribution in [1.82, 2.24) is 14.7 Å². The maximum Gasteiger partial charge on any atom is 0.307 e. The first-order chi connectivity index (χ1) is 8.75. The fourth-order valence-electron chi connectivity index (χ4n) is 2.70. The maximum atomic E-state index is 12.3. The molecule has 0 unspecified atom stereocenters. The summed E-state index contributed by atoms with van der Waals surface area (Å²) < 4.78 is 1.68. The Morgan fingerprint density at radius 2 is 2.11 bits per heavy atom. The van der Waals surface area contributed by atoms with Crippen LogP contribution >= 0.6 is 0 Å². The second kappa shape index (κ2) is 4.36. The molecule has 1 aliphatic carbocycles. The van der Waals surface area contributed by atoms with Gasteiger partial charge in [-0.15, -0.1) is 0 Å². The highest BCUT2D eigenvalue weighted by atomic mass is 16.4. The van der Waals surface area contributed by atoms with E-state index in [1.54, 1.807) is 22.8 Å². The summed E-state index contributed by atoms with van der Waals surface area (Å²) in [5.74, 6) is -2.00. The molecule has 1 heterocycles. The number of aromatic nitrogens is 2. The lowest BCUT2D eigenvalue weighted by atomic mass is 10.1. The summed E-state index contributed by atoms with van der Waals surface area (Å²) in [6.07, 6.45) is 3.55. The van der Waals surface area contributed by atoms with Crippen LogP contribution < -0.4 is 0 Å². The number of amides is 1. The SMILES string of the molecule is CN(Cc1cnn(C)c1)C(=O)[C@H]1[C@@H](C(=O)O)C1(C)C. The first-order valence-corrected chi connectivity index (χ1v) is 6.20. The molecular weight excluding hydrogens is 246 g/mol. The average Bonchev–Trinajstić information content (AvgIpc) is 2.63. The summed E-state index contributed by atoms with van der Waals surface area (Å²) in [6.45, 7) is 4.10. The number of hydrogen-bond donors (Lipinski definition) is 1. The van der Waals surface area contributed by atoms with Crippen LogP contribution in [0, 0.1) is 17.3 Å². The number of aliphatic carboxylic acids is 1. The van der Waals surface area contributed by atoms with Crippen molar-refractivity contribution in [3.05, 3.63) is 18.0 Å². The number of hydrogen-bond acceptors (Lipinski definition) is 3. The van der Waals surface area contributed by atoms with Crippen LogP contribution in [0.15, 0.2) is 12.4 Å². The van der Waals surface area contributed by atoms with E-state index in [4.69, 9.17) is 5.11 Å². The largest absolute Gasteiger partial charge is 0.481 e. The molecule has 1 aromatic rings. The Balaban J connectivity index is 2.03. The second-order valence-electron chi connectivity index (χ2n) is 5.83. The first-order valence-electron chi connectivity index (χ1n) is 6.20. The summed E-state index contributed by atoms with van der Waals surface area (Å²) in [4.78, 5) is 25.0. The Kier molecular flexibility index (Phi) is 3.12. The third kappa shape index (κ3) is 2.34. The lowest BCUT2D eigenvalue weighted by Gasteiger charge is -2.17. The zero-order valence-corrected chi connectivity index (χ0v) is 11.6. The summed E-state index contributed by atoms with van der Waals surface area (Å²) in [6, 6.07) is 0. The van der Waals surface area contributed by atoms with Crippen LogP contribution in [-0.2, 0) is 23.2 Å². The quantitative estimate of drug-likeness (QED) is 0.871. The Morgan fingerprint density at radius 1 is 1.47 bits per heavy atom. The molecule has 6 nitrogen and oxygen atoms in total. The third-order valence-electron chi connectivity index (χ3n) is 3.91. The van der Waals surface area contributed by atoms with Gasteiger partial charge < -0.3 is 10.0 Å². The van der Waals surface area contributed by atoms with Crippen LogP contribution in [0.1, 0.15) is 19.4 Å². The maximum absolute atomic E-state index is 12.3. The number of carbonyl (C=O) groups is 2. The molecule has 0 aromatic carbocycles. The molecule has 1 saturated carbocycles. The van der Waals surface area contributed by atoms with Gasteiger partial charge >= 0.3 is 5.97 Å². The van der Waals surface area contributed by atoms with E-state index in [2.05, 4.69) is 5.10 Å². The van der Waals surface area contributed by atoms with Crippen LogP contribution in [0.25, 0.3) is 0 Å². The molecule has 1 aromatic heterocycles. The topological polar surface area (TPSA) is 75.4 Å². The lowest BCUT2D eigenvalue weighted by molar-refractivity contribution is -0.141. The Morgan fingerprint density at radius 3 is 2.53 bits per heavy atom. The second-order valence-corrected chi connectivity index (χ2v) is 5.83. The van der Waals surface area contributed by atoms with Gasteiger partial charge in [0.1, 0.15) is 0 Å². The number of carboxylic acids is 1. The van der Waals surface area contributed by atoms with E-state index in [-0.39, 0.29) is 5.91 Å². The molecule has 2 atom stereocenters. The molecule has 0 bridgehead atoms. The van der Waals surface area contributed by atoms with Gasteiger partial charge in [0.15, 0.2) is 0 Å². The van der Waals surface area contributed by atoms with Gasteiger partial charge in [0.2, 0.25) is 5.91 Å². The van der Waals surface area contributed by atoms with Gasteiger partial charge in [0, 0.05) is 32.4 Å². The summed E-state index contributed by atoms with van der Waals surface area (Å²) in [7, 11) is 3.51. The number of carbonyl (C=O) groups excluding carboxylic acids is 1. The van der Waals surface area contributed by atoms with Crippen molar-refractivity contribution in [1.29, 1.82) is 0 Å². The summed E-state index contributed by atoms with van der Waals surface area (Å²) in [5.41, 5.74) is 0.482. The monoisotopic (exact) mass is 265 g/mol. The minimum Gasteiger partial charge on any atom is -0.481 e. The fraction of sp³-hybridized carbons (Fsp3) is 0.615. The number of rotatable bonds is 4. The highest BCUT2D eigenvalue weighted by Gasteiger charge is 2.66. The van der Waals surface area contributed by atoms with Crippen molar-refractivity contribution in [2.45, 2.75) is 20.4 Å². The van der Waals surface area contributed by atoms with Crippen molar-refractivity contribution in [3.8, 4) is 0 Å². The predicted octanol–water partition coefficient (Wildman–Crippen LogP) is 0.735. The molecule has 1 aliphatic rings. The Labute approximate surface area is 112 Å². The molecule has 19 heavy (non-hydrogen) atoms. The van der Waals surface area contributed by atoms with Crippen molar-refractivity contribution < 1.29 is 14.7 Å². The zero-order chi connectivity index (χ0) is 14.4. The molecule has 0 saturated heterocycles. The first kappa shape index (κ1) is 13.6. The lowest BCUT2D eigenvalue weighted by Crippen LogP contribution is -2.29. The summed E-state index contributed by atoms with van der Waals surface area (Å²) in [5, 5.41) is 13.1. The van der Waals surface area contributed by atoms with E-state index < -0.39 is 23.2 Å². The van der Waals surface area contributed by atoms with Gasteiger partial charge in [-0.05, 0) is 5.41 Å². The van der Waals surface area contributed by atoms with Crippen molar-refractivity contribution in [2.24, 2.45) is 24.3 Å². The smallest absolute Gasteiger partial charge is 0.307 e. The Bertz CT molecular complexity index is 521. The molecule has 2 rings (SSSR count). The van der Waals surface area contributed by atoms with E-state index in [1.807, 2.05) is 27.1 Å². The van der Waals surface area contributed by atoms with Gasteiger partial charge in [-0.3, -0.25) is 14.3 Å². The van der Waals surface area contributed by atoms with E-state index in [0.29, 0.717) is 6.54 Å². The minimum absolute atomic E-state index is 0.110. The molecule has 0 radical (unpaired) electrons. The van der Waals surface area contributed by atoms with Gasteiger partial charge in [-0.25, -0.2) is 0 Å². The van der Waals surface area contributed by atoms with Crippen molar-refractivity contribution >= 4 is 11.9 Å². The van der Waals surface area contributed by atoms with Crippen molar-refractivity contribution in [3.63, 3.8) is 0 Å². The van der Waals surface area contributed by atoms with Gasteiger partial charge in [0.05, 0.1) is 18.0 Å². The number of aryl methyl sites for hydroxylation is 1. The van der Waals surface area contributed by atoms with Crippen LogP contribution in [0.2, 0.25) is 0 Å². The molecule has 1 fully saturated rings. The number of nitrogens with zero attached hydrogens (tertiary/aromatic N) is 3. The molecular formula is C13H19N3O3. The molecule has 0 aliphatic heterocycles. The van der Waals surface area contributed by atoms with Crippen LogP contribution in [0.3, 0.4) is 0 Å². The average molecular weight is 265 g/mol. The van der Waals surface area contributed by atoms with Gasteiger partial charge in [-0.1, -0.05) is 13.8 Å². The fourth-order valence-corrected chi connectivity index (χ4v) is 2.70. The zero-order valence-electron chi connectivity index (χ0n) is 11.6. The highest BCUT2D eigenvalue weighted by molar-refractivity contribution is 5.91. The van der Waals surface area contributed by atoms with Gasteiger partial charge in [-0.2, -0.15) is 5.10 Å². The standard InChI is InChI=1S/C13H19N3O3/c1-13(2)9(10(13)12(18)19)11(17)15(3)6-8-5-14-16(4)7-8/h5,7,9-10H,6H2,1-4H3,(H,18,19)/t9-,10+/m1/s1. The highest BCUT2D eigenvalue weighted by Crippen LogP contribution is 2.58. The third-order valence-corrected chi connectivity index (χ3v) is 3.91. The normalized spacial score (nSPS) is 24.0. The van der Waals surface area contributed by atoms with Crippen LogP contribution in [0.5, 0.6) is 0 Å². The molecule has 1 amide bonds. The molecule has 1 N–H and O–H groups in total.